The van der Waals surface area contributed by atoms with Crippen LogP contribution in [0.5, 0.6) is 0 Å². The second kappa shape index (κ2) is 5.65. The Morgan fingerprint density at radius 2 is 1.76 bits per heavy atom. The van der Waals surface area contributed by atoms with Gasteiger partial charge in [-0.05, 0) is 39.3 Å². The molecular formula is C15H25NO. The van der Waals surface area contributed by atoms with Gasteiger partial charge in [0, 0.05) is 5.92 Å². The molecule has 2 heteroatoms. The highest BCUT2D eigenvalue weighted by molar-refractivity contribution is 5.32. The summed E-state index contributed by atoms with van der Waals surface area (Å²) < 4.78 is 0. The van der Waals surface area contributed by atoms with Crippen LogP contribution in [0.3, 0.4) is 0 Å². The zero-order valence-electron chi connectivity index (χ0n) is 11.5. The first-order chi connectivity index (χ1) is 7.91. The third-order valence-corrected chi connectivity index (χ3v) is 3.52. The summed E-state index contributed by atoms with van der Waals surface area (Å²) in [6.07, 6.45) is 2.00. The Hall–Kier alpha value is -0.860. The van der Waals surface area contributed by atoms with E-state index in [0.29, 0.717) is 6.54 Å². The van der Waals surface area contributed by atoms with Gasteiger partial charge in [0.05, 0.1) is 5.60 Å². The van der Waals surface area contributed by atoms with Crippen molar-refractivity contribution < 1.29 is 5.11 Å². The van der Waals surface area contributed by atoms with E-state index in [1.54, 1.807) is 0 Å². The van der Waals surface area contributed by atoms with Crippen LogP contribution in [-0.4, -0.2) is 11.7 Å². The van der Waals surface area contributed by atoms with E-state index < -0.39 is 5.60 Å². The zero-order valence-corrected chi connectivity index (χ0v) is 11.5. The van der Waals surface area contributed by atoms with Crippen molar-refractivity contribution in [3.63, 3.8) is 0 Å². The van der Waals surface area contributed by atoms with Crippen molar-refractivity contribution >= 4 is 0 Å². The average molecular weight is 235 g/mol. The molecule has 0 saturated carbocycles. The van der Waals surface area contributed by atoms with E-state index in [1.807, 2.05) is 6.92 Å². The second-order valence-corrected chi connectivity index (χ2v) is 5.25. The smallest absolute Gasteiger partial charge is 0.0908 e. The van der Waals surface area contributed by atoms with E-state index >= 15 is 0 Å². The fourth-order valence-corrected chi connectivity index (χ4v) is 2.48. The lowest BCUT2D eigenvalue weighted by atomic mass is 9.79. The normalized spacial score (nSPS) is 16.6. The molecule has 1 aromatic carbocycles. The first-order valence-electron chi connectivity index (χ1n) is 6.43. The highest BCUT2D eigenvalue weighted by atomic mass is 16.3. The molecule has 0 aliphatic rings. The van der Waals surface area contributed by atoms with Gasteiger partial charge in [-0.1, -0.05) is 42.7 Å². The van der Waals surface area contributed by atoms with Crippen molar-refractivity contribution in [2.45, 2.75) is 46.1 Å². The molecule has 0 saturated heterocycles. The molecule has 3 N–H and O–H groups in total. The number of hydrogen-bond donors (Lipinski definition) is 2. The molecule has 2 atom stereocenters. The Bertz CT molecular complexity index is 351. The van der Waals surface area contributed by atoms with Crippen molar-refractivity contribution in [1.82, 2.24) is 0 Å². The van der Waals surface area contributed by atoms with Crippen LogP contribution in [0.15, 0.2) is 18.2 Å². The van der Waals surface area contributed by atoms with Crippen LogP contribution in [0, 0.1) is 19.8 Å². The Kier molecular flexibility index (Phi) is 4.72. The summed E-state index contributed by atoms with van der Waals surface area (Å²) in [5.74, 6) is 0.119. The number of rotatable bonds is 5. The summed E-state index contributed by atoms with van der Waals surface area (Å²) in [5, 5.41) is 10.7. The maximum atomic E-state index is 10.7. The molecule has 2 nitrogen and oxygen atoms in total. The highest BCUT2D eigenvalue weighted by Crippen LogP contribution is 2.32. The minimum absolute atomic E-state index is 0.119. The summed E-state index contributed by atoms with van der Waals surface area (Å²) in [6.45, 7) is 8.65. The summed E-state index contributed by atoms with van der Waals surface area (Å²) in [4.78, 5) is 0. The van der Waals surface area contributed by atoms with E-state index in [0.717, 1.165) is 18.4 Å². The zero-order chi connectivity index (χ0) is 13.1. The predicted molar refractivity (Wildman–Crippen MR) is 72.9 cm³/mol. The molecule has 0 aromatic heterocycles. The van der Waals surface area contributed by atoms with Crippen molar-refractivity contribution in [3.05, 3.63) is 34.9 Å². The molecule has 17 heavy (non-hydrogen) atoms. The van der Waals surface area contributed by atoms with Crippen LogP contribution in [0.25, 0.3) is 0 Å². The molecule has 2 unspecified atom stereocenters. The molecule has 0 amide bonds. The topological polar surface area (TPSA) is 46.2 Å². The van der Waals surface area contributed by atoms with Crippen molar-refractivity contribution in [1.29, 1.82) is 0 Å². The lowest BCUT2D eigenvalue weighted by molar-refractivity contribution is -0.00636. The number of benzene rings is 1. The Balaban J connectivity index is 3.09. The van der Waals surface area contributed by atoms with Crippen LogP contribution in [0.1, 0.15) is 43.4 Å². The monoisotopic (exact) mass is 235 g/mol. The van der Waals surface area contributed by atoms with Crippen molar-refractivity contribution in [3.8, 4) is 0 Å². The quantitative estimate of drug-likeness (QED) is 0.824. The second-order valence-electron chi connectivity index (χ2n) is 5.25. The van der Waals surface area contributed by atoms with Gasteiger partial charge in [-0.3, -0.25) is 0 Å². The van der Waals surface area contributed by atoms with E-state index in [1.165, 1.54) is 11.1 Å². The van der Waals surface area contributed by atoms with Gasteiger partial charge in [0.2, 0.25) is 0 Å². The number of hydrogen-bond acceptors (Lipinski definition) is 2. The van der Waals surface area contributed by atoms with Crippen LogP contribution in [-0.2, 0) is 5.60 Å². The first-order valence-corrected chi connectivity index (χ1v) is 6.43. The van der Waals surface area contributed by atoms with Gasteiger partial charge in [-0.2, -0.15) is 0 Å². The standard InChI is InChI=1S/C15H25NO/c1-5-6-13(10-16)15(4,17)14-8-11(2)7-12(3)9-14/h7-9,13,17H,5-6,10,16H2,1-4H3. The average Bonchev–Trinajstić information content (AvgIpc) is 2.24. The van der Waals surface area contributed by atoms with Gasteiger partial charge in [-0.15, -0.1) is 0 Å². The number of aryl methyl sites for hydroxylation is 2. The van der Waals surface area contributed by atoms with Gasteiger partial charge in [0.15, 0.2) is 0 Å². The van der Waals surface area contributed by atoms with Crippen LogP contribution in [0.2, 0.25) is 0 Å². The molecule has 0 aliphatic heterocycles. The minimum Gasteiger partial charge on any atom is -0.385 e. The Morgan fingerprint density at radius 3 is 2.18 bits per heavy atom. The molecule has 0 aliphatic carbocycles. The molecule has 0 radical (unpaired) electrons. The minimum atomic E-state index is -0.832. The highest BCUT2D eigenvalue weighted by Gasteiger charge is 2.32. The molecular weight excluding hydrogens is 210 g/mol. The van der Waals surface area contributed by atoms with Gasteiger partial charge in [0.1, 0.15) is 0 Å². The number of aliphatic hydroxyl groups is 1. The fourth-order valence-electron chi connectivity index (χ4n) is 2.48. The molecule has 96 valence electrons. The molecule has 0 heterocycles. The summed E-state index contributed by atoms with van der Waals surface area (Å²) in [6, 6.07) is 6.24. The van der Waals surface area contributed by atoms with E-state index in [-0.39, 0.29) is 5.92 Å². The first kappa shape index (κ1) is 14.2. The van der Waals surface area contributed by atoms with Crippen LogP contribution >= 0.6 is 0 Å². The third-order valence-electron chi connectivity index (χ3n) is 3.52. The van der Waals surface area contributed by atoms with Gasteiger partial charge < -0.3 is 10.8 Å². The number of nitrogens with two attached hydrogens (primary N) is 1. The van der Waals surface area contributed by atoms with Gasteiger partial charge in [0.25, 0.3) is 0 Å². The molecule has 0 bridgehead atoms. The Morgan fingerprint density at radius 1 is 1.24 bits per heavy atom. The Labute approximate surface area is 105 Å². The lowest BCUT2D eigenvalue weighted by Crippen LogP contribution is -2.36. The van der Waals surface area contributed by atoms with Gasteiger partial charge >= 0.3 is 0 Å². The van der Waals surface area contributed by atoms with E-state index in [4.69, 9.17) is 5.73 Å². The molecule has 1 rings (SSSR count). The third kappa shape index (κ3) is 3.30. The van der Waals surface area contributed by atoms with Crippen molar-refractivity contribution in [2.24, 2.45) is 11.7 Å². The molecule has 1 aromatic rings. The summed E-state index contributed by atoms with van der Waals surface area (Å²) in [5.41, 5.74) is 8.33. The van der Waals surface area contributed by atoms with Gasteiger partial charge in [-0.25, -0.2) is 0 Å². The van der Waals surface area contributed by atoms with E-state index in [2.05, 4.69) is 39.0 Å². The largest absolute Gasteiger partial charge is 0.385 e. The molecule has 0 spiro atoms. The summed E-state index contributed by atoms with van der Waals surface area (Å²) in [7, 11) is 0. The predicted octanol–water partition coefficient (Wildman–Crippen LogP) is 2.89. The SMILES string of the molecule is CCCC(CN)C(C)(O)c1cc(C)cc(C)c1. The van der Waals surface area contributed by atoms with Crippen LogP contribution < -0.4 is 5.73 Å². The molecule has 0 fully saturated rings. The van der Waals surface area contributed by atoms with Crippen LogP contribution in [0.4, 0.5) is 0 Å². The van der Waals surface area contributed by atoms with E-state index in [9.17, 15) is 5.11 Å². The summed E-state index contributed by atoms with van der Waals surface area (Å²) >= 11 is 0. The maximum Gasteiger partial charge on any atom is 0.0908 e. The fraction of sp³-hybridized carbons (Fsp3) is 0.600. The lowest BCUT2D eigenvalue weighted by Gasteiger charge is -2.33. The van der Waals surface area contributed by atoms with Crippen molar-refractivity contribution in [2.75, 3.05) is 6.54 Å². The maximum absolute atomic E-state index is 10.7.